The normalized spacial score (nSPS) is 19.8. The number of para-hydroxylation sites is 1. The van der Waals surface area contributed by atoms with Crippen LogP contribution in [0.1, 0.15) is 67.3 Å². The first-order chi connectivity index (χ1) is 9.84. The van der Waals surface area contributed by atoms with Gasteiger partial charge in [0.1, 0.15) is 5.75 Å². The second-order valence-corrected chi connectivity index (χ2v) is 6.23. The molecule has 1 aromatic rings. The Hall–Kier alpha value is -1.31. The topological polar surface area (TPSA) is 26.3 Å². The van der Waals surface area contributed by atoms with Crippen LogP contribution in [0.2, 0.25) is 0 Å². The molecule has 1 heterocycles. The lowest BCUT2D eigenvalue weighted by atomic mass is 9.90. The summed E-state index contributed by atoms with van der Waals surface area (Å²) < 4.78 is 5.77. The Morgan fingerprint density at radius 3 is 2.70 bits per heavy atom. The zero-order valence-electron chi connectivity index (χ0n) is 12.2. The summed E-state index contributed by atoms with van der Waals surface area (Å²) in [5.74, 6) is 1.75. The van der Waals surface area contributed by atoms with Crippen molar-refractivity contribution in [3.05, 3.63) is 29.3 Å². The van der Waals surface area contributed by atoms with Gasteiger partial charge in [-0.2, -0.15) is 0 Å². The van der Waals surface area contributed by atoms with Crippen LogP contribution in [0.3, 0.4) is 0 Å². The van der Waals surface area contributed by atoms with E-state index in [1.807, 2.05) is 12.1 Å². The number of aryl methyl sites for hydroxylation is 1. The first-order valence-electron chi connectivity index (χ1n) is 8.12. The molecule has 1 saturated carbocycles. The van der Waals surface area contributed by atoms with E-state index in [4.69, 9.17) is 4.74 Å². The molecule has 0 radical (unpaired) electrons. The van der Waals surface area contributed by atoms with Crippen LogP contribution in [-0.4, -0.2) is 12.4 Å². The molecule has 0 saturated heterocycles. The van der Waals surface area contributed by atoms with E-state index in [0.717, 1.165) is 30.8 Å². The van der Waals surface area contributed by atoms with Gasteiger partial charge < -0.3 is 4.74 Å². The van der Waals surface area contributed by atoms with Crippen LogP contribution in [0.4, 0.5) is 0 Å². The van der Waals surface area contributed by atoms with Gasteiger partial charge in [-0.05, 0) is 30.4 Å². The minimum Gasteiger partial charge on any atom is -0.493 e. The van der Waals surface area contributed by atoms with Crippen LogP contribution >= 0.6 is 0 Å². The summed E-state index contributed by atoms with van der Waals surface area (Å²) in [6.07, 6.45) is 10.5. The van der Waals surface area contributed by atoms with Crippen LogP contribution in [0.5, 0.6) is 5.75 Å². The number of carbonyl (C=O) groups is 1. The zero-order chi connectivity index (χ0) is 13.8. The molecule has 0 amide bonds. The highest BCUT2D eigenvalue weighted by Crippen LogP contribution is 2.32. The van der Waals surface area contributed by atoms with Gasteiger partial charge in [0.2, 0.25) is 0 Å². The predicted octanol–water partition coefficient (Wildman–Crippen LogP) is 4.55. The van der Waals surface area contributed by atoms with Crippen molar-refractivity contribution in [3.63, 3.8) is 0 Å². The summed E-state index contributed by atoms with van der Waals surface area (Å²) in [4.78, 5) is 12.6. The van der Waals surface area contributed by atoms with Crippen molar-refractivity contribution in [1.29, 1.82) is 0 Å². The monoisotopic (exact) mass is 272 g/mol. The number of ether oxygens (including phenoxy) is 1. The third-order valence-corrected chi connectivity index (χ3v) is 4.68. The molecule has 0 spiro atoms. The van der Waals surface area contributed by atoms with Crippen LogP contribution in [0, 0.1) is 5.92 Å². The Morgan fingerprint density at radius 1 is 1.10 bits per heavy atom. The van der Waals surface area contributed by atoms with Gasteiger partial charge in [-0.15, -0.1) is 0 Å². The highest BCUT2D eigenvalue weighted by atomic mass is 16.5. The number of hydrogen-bond acceptors (Lipinski definition) is 2. The van der Waals surface area contributed by atoms with Crippen molar-refractivity contribution < 1.29 is 9.53 Å². The second-order valence-electron chi connectivity index (χ2n) is 6.23. The Kier molecular flexibility index (Phi) is 4.39. The molecule has 2 nitrogen and oxygen atoms in total. The number of rotatable bonds is 3. The van der Waals surface area contributed by atoms with Gasteiger partial charge >= 0.3 is 0 Å². The summed E-state index contributed by atoms with van der Waals surface area (Å²) in [6, 6.07) is 6.05. The Balaban J connectivity index is 1.73. The van der Waals surface area contributed by atoms with Crippen LogP contribution in [0.15, 0.2) is 18.2 Å². The second kappa shape index (κ2) is 6.43. The number of Topliss-reactive ketones (excluding diaryl/α,β-unsaturated/α-hetero) is 1. The molecule has 1 aliphatic heterocycles. The molecule has 1 aromatic carbocycles. The van der Waals surface area contributed by atoms with Crippen LogP contribution in [0.25, 0.3) is 0 Å². The molecule has 2 heteroatoms. The lowest BCUT2D eigenvalue weighted by molar-refractivity contribution is 0.0952. The third kappa shape index (κ3) is 3.05. The van der Waals surface area contributed by atoms with Gasteiger partial charge in [-0.1, -0.05) is 50.7 Å². The van der Waals surface area contributed by atoms with E-state index < -0.39 is 0 Å². The van der Waals surface area contributed by atoms with E-state index in [0.29, 0.717) is 12.3 Å². The highest BCUT2D eigenvalue weighted by Gasteiger charge is 2.22. The smallest absolute Gasteiger partial charge is 0.166 e. The predicted molar refractivity (Wildman–Crippen MR) is 80.4 cm³/mol. The maximum absolute atomic E-state index is 12.6. The molecule has 0 atom stereocenters. The number of fused-ring (bicyclic) bond motifs is 1. The zero-order valence-corrected chi connectivity index (χ0v) is 12.2. The van der Waals surface area contributed by atoms with Gasteiger partial charge in [0, 0.05) is 6.42 Å². The molecule has 1 fully saturated rings. The standard InChI is InChI=1S/C18H24O2/c19-17(13-14-7-3-1-2-4-8-14)16-11-5-9-15-10-6-12-20-18(15)16/h5,9,11,14H,1-4,6-8,10,12-13H2. The maximum Gasteiger partial charge on any atom is 0.166 e. The molecule has 2 aliphatic rings. The summed E-state index contributed by atoms with van der Waals surface area (Å²) in [6.45, 7) is 0.751. The van der Waals surface area contributed by atoms with E-state index in [-0.39, 0.29) is 5.78 Å². The van der Waals surface area contributed by atoms with E-state index in [1.165, 1.54) is 44.1 Å². The molecule has 20 heavy (non-hydrogen) atoms. The van der Waals surface area contributed by atoms with Gasteiger partial charge in [0.05, 0.1) is 12.2 Å². The van der Waals surface area contributed by atoms with Crippen molar-refractivity contribution in [2.24, 2.45) is 5.92 Å². The minimum atomic E-state index is 0.288. The molecule has 1 aliphatic carbocycles. The number of ketones is 1. The SMILES string of the molecule is O=C(CC1CCCCCC1)c1cccc2c1OCCC2. The fourth-order valence-corrected chi connectivity index (χ4v) is 3.55. The molecule has 0 unspecified atom stereocenters. The largest absolute Gasteiger partial charge is 0.493 e. The Morgan fingerprint density at radius 2 is 1.90 bits per heavy atom. The van der Waals surface area contributed by atoms with Crippen molar-refractivity contribution in [2.75, 3.05) is 6.61 Å². The van der Waals surface area contributed by atoms with E-state index >= 15 is 0 Å². The summed E-state index contributed by atoms with van der Waals surface area (Å²) in [5, 5.41) is 0. The number of hydrogen-bond donors (Lipinski definition) is 0. The molecule has 3 rings (SSSR count). The Labute approximate surface area is 121 Å². The van der Waals surface area contributed by atoms with Gasteiger partial charge in [-0.25, -0.2) is 0 Å². The molecule has 0 N–H and O–H groups in total. The fraction of sp³-hybridized carbons (Fsp3) is 0.611. The summed E-state index contributed by atoms with van der Waals surface area (Å²) >= 11 is 0. The number of benzene rings is 1. The molecule has 0 aromatic heterocycles. The number of carbonyl (C=O) groups excluding carboxylic acids is 1. The summed E-state index contributed by atoms with van der Waals surface area (Å²) in [5.41, 5.74) is 2.04. The Bertz CT molecular complexity index is 470. The highest BCUT2D eigenvalue weighted by molar-refractivity contribution is 5.99. The van der Waals surface area contributed by atoms with Gasteiger partial charge in [0.25, 0.3) is 0 Å². The van der Waals surface area contributed by atoms with E-state index in [1.54, 1.807) is 0 Å². The quantitative estimate of drug-likeness (QED) is 0.596. The lowest BCUT2D eigenvalue weighted by Crippen LogP contribution is -2.15. The van der Waals surface area contributed by atoms with Crippen molar-refractivity contribution in [3.8, 4) is 5.75 Å². The third-order valence-electron chi connectivity index (χ3n) is 4.68. The average molecular weight is 272 g/mol. The first kappa shape index (κ1) is 13.7. The van der Waals surface area contributed by atoms with Crippen molar-refractivity contribution >= 4 is 5.78 Å². The first-order valence-corrected chi connectivity index (χ1v) is 8.12. The van der Waals surface area contributed by atoms with Gasteiger partial charge in [-0.3, -0.25) is 4.79 Å². The van der Waals surface area contributed by atoms with Crippen LogP contribution < -0.4 is 4.74 Å². The maximum atomic E-state index is 12.6. The van der Waals surface area contributed by atoms with E-state index in [2.05, 4.69) is 6.07 Å². The summed E-state index contributed by atoms with van der Waals surface area (Å²) in [7, 11) is 0. The van der Waals surface area contributed by atoms with Crippen molar-refractivity contribution in [2.45, 2.75) is 57.8 Å². The molecular weight excluding hydrogens is 248 g/mol. The minimum absolute atomic E-state index is 0.288. The average Bonchev–Trinajstić information content (AvgIpc) is 2.75. The van der Waals surface area contributed by atoms with Gasteiger partial charge in [0.15, 0.2) is 5.78 Å². The molecule has 108 valence electrons. The van der Waals surface area contributed by atoms with Crippen LogP contribution in [-0.2, 0) is 6.42 Å². The van der Waals surface area contributed by atoms with Crippen molar-refractivity contribution in [1.82, 2.24) is 0 Å². The molecule has 0 bridgehead atoms. The molecular formula is C18H24O2. The lowest BCUT2D eigenvalue weighted by Gasteiger charge is -2.20. The van der Waals surface area contributed by atoms with E-state index in [9.17, 15) is 4.79 Å². The fourth-order valence-electron chi connectivity index (χ4n) is 3.55.